The number of fused-ring (bicyclic) bond motifs is 1. The Bertz CT molecular complexity index is 1030. The fourth-order valence-corrected chi connectivity index (χ4v) is 8.88. The number of hydrogen-bond donors (Lipinski definition) is 0. The Morgan fingerprint density at radius 2 is 1.12 bits per heavy atom. The number of hydrogen-bond acceptors (Lipinski definition) is 6. The van der Waals surface area contributed by atoms with Crippen molar-refractivity contribution in [3.63, 3.8) is 0 Å². The molecule has 0 aliphatic heterocycles. The Hall–Kier alpha value is -1.08. The van der Waals surface area contributed by atoms with E-state index in [0.29, 0.717) is 0 Å². The van der Waals surface area contributed by atoms with Gasteiger partial charge in [0, 0.05) is 0 Å². The standard InChI is InChI=1S/C28H38N2S4/c1-5-9-11-19(7-3)17-21-13-15-31-23(21)25-29-27-28(33-25)30-26(34-27)24-22(14-16-32-24)18-20(8-4)12-10-6-2/h13-16,19-20H,5-12,17-18H2,1-4H3. The summed E-state index contributed by atoms with van der Waals surface area (Å²) < 4.78 is 0. The van der Waals surface area contributed by atoms with Crippen LogP contribution in [0.4, 0.5) is 0 Å². The first kappa shape index (κ1) is 26.0. The lowest BCUT2D eigenvalue weighted by Gasteiger charge is -2.14. The topological polar surface area (TPSA) is 25.8 Å². The van der Waals surface area contributed by atoms with Gasteiger partial charge in [0.1, 0.15) is 10.0 Å². The fraction of sp³-hybridized carbons (Fsp3) is 0.571. The molecular weight excluding hydrogens is 493 g/mol. The lowest BCUT2D eigenvalue weighted by molar-refractivity contribution is 0.450. The molecule has 2 atom stereocenters. The average molecular weight is 531 g/mol. The summed E-state index contributed by atoms with van der Waals surface area (Å²) in [5, 5.41) is 6.80. The van der Waals surface area contributed by atoms with Gasteiger partial charge in [0.05, 0.1) is 9.75 Å². The SMILES string of the molecule is CCCCC(CC)Cc1ccsc1-c1nc2sc(-c3sccc3CC(CC)CCCC)nc2s1. The average Bonchev–Trinajstić information content (AvgIpc) is 3.62. The number of unbranched alkanes of at least 4 members (excludes halogenated alkanes) is 2. The van der Waals surface area contributed by atoms with Gasteiger partial charge in [-0.15, -0.1) is 22.7 Å². The van der Waals surface area contributed by atoms with Gasteiger partial charge in [-0.25, -0.2) is 9.97 Å². The minimum absolute atomic E-state index is 0.778. The molecule has 0 spiro atoms. The lowest BCUT2D eigenvalue weighted by Crippen LogP contribution is -2.03. The highest BCUT2D eigenvalue weighted by molar-refractivity contribution is 7.31. The van der Waals surface area contributed by atoms with Gasteiger partial charge >= 0.3 is 0 Å². The maximum absolute atomic E-state index is 5.08. The highest BCUT2D eigenvalue weighted by Gasteiger charge is 2.20. The molecule has 0 aromatic carbocycles. The molecule has 4 rings (SSSR count). The summed E-state index contributed by atoms with van der Waals surface area (Å²) >= 11 is 7.25. The molecule has 0 aliphatic carbocycles. The molecule has 0 radical (unpaired) electrons. The third kappa shape index (κ3) is 6.18. The Kier molecular flexibility index (Phi) is 9.75. The predicted molar refractivity (Wildman–Crippen MR) is 156 cm³/mol. The summed E-state index contributed by atoms with van der Waals surface area (Å²) in [6.07, 6.45) is 12.8. The number of rotatable bonds is 14. The molecule has 4 heterocycles. The van der Waals surface area contributed by atoms with Gasteiger partial charge in [0.2, 0.25) is 0 Å². The highest BCUT2D eigenvalue weighted by atomic mass is 32.1. The van der Waals surface area contributed by atoms with Crippen molar-refractivity contribution >= 4 is 55.0 Å². The molecule has 0 N–H and O–H groups in total. The summed E-state index contributed by atoms with van der Waals surface area (Å²) in [5.74, 6) is 1.56. The van der Waals surface area contributed by atoms with Crippen LogP contribution in [0, 0.1) is 11.8 Å². The summed E-state index contributed by atoms with van der Waals surface area (Å²) in [4.78, 5) is 15.1. The molecule has 0 amide bonds. The van der Waals surface area contributed by atoms with E-state index in [-0.39, 0.29) is 0 Å². The Morgan fingerprint density at radius 3 is 1.50 bits per heavy atom. The van der Waals surface area contributed by atoms with Crippen LogP contribution in [0.15, 0.2) is 22.9 Å². The van der Waals surface area contributed by atoms with E-state index in [0.717, 1.165) is 31.5 Å². The van der Waals surface area contributed by atoms with Gasteiger partial charge < -0.3 is 0 Å². The molecular formula is C28H38N2S4. The van der Waals surface area contributed by atoms with Gasteiger partial charge in [0.25, 0.3) is 0 Å². The molecule has 4 aromatic heterocycles. The first-order valence-electron chi connectivity index (χ1n) is 13.1. The fourth-order valence-electron chi connectivity index (χ4n) is 4.71. The molecule has 2 unspecified atom stereocenters. The first-order chi connectivity index (χ1) is 16.7. The van der Waals surface area contributed by atoms with E-state index in [1.807, 2.05) is 22.7 Å². The van der Waals surface area contributed by atoms with E-state index in [4.69, 9.17) is 9.97 Å². The van der Waals surface area contributed by atoms with E-state index < -0.39 is 0 Å². The molecule has 0 saturated heterocycles. The normalized spacial score (nSPS) is 13.6. The summed E-state index contributed by atoms with van der Waals surface area (Å²) in [6, 6.07) is 4.65. The monoisotopic (exact) mass is 530 g/mol. The lowest BCUT2D eigenvalue weighted by atomic mass is 9.92. The van der Waals surface area contributed by atoms with Gasteiger partial charge in [0.15, 0.2) is 9.66 Å². The Morgan fingerprint density at radius 1 is 0.676 bits per heavy atom. The van der Waals surface area contributed by atoms with Crippen LogP contribution in [0.5, 0.6) is 0 Å². The molecule has 4 aromatic rings. The second-order valence-corrected chi connectivity index (χ2v) is 13.2. The minimum Gasteiger partial charge on any atom is -0.222 e. The maximum Gasteiger partial charge on any atom is 0.155 e. The second-order valence-electron chi connectivity index (χ2n) is 9.44. The van der Waals surface area contributed by atoms with E-state index >= 15 is 0 Å². The van der Waals surface area contributed by atoms with Crippen molar-refractivity contribution in [1.82, 2.24) is 9.97 Å². The molecule has 0 fully saturated rings. The number of aromatic nitrogens is 2. The van der Waals surface area contributed by atoms with Crippen molar-refractivity contribution < 1.29 is 0 Å². The molecule has 0 bridgehead atoms. The zero-order valence-corrected chi connectivity index (χ0v) is 24.3. The van der Waals surface area contributed by atoms with Crippen LogP contribution in [0.2, 0.25) is 0 Å². The van der Waals surface area contributed by atoms with Crippen LogP contribution in [0.25, 0.3) is 29.4 Å². The summed E-state index contributed by atoms with van der Waals surface area (Å²) in [5.41, 5.74) is 2.96. The van der Waals surface area contributed by atoms with E-state index in [2.05, 4.69) is 50.6 Å². The van der Waals surface area contributed by atoms with Crippen molar-refractivity contribution in [2.24, 2.45) is 11.8 Å². The van der Waals surface area contributed by atoms with Gasteiger partial charge in [-0.3, -0.25) is 0 Å². The van der Waals surface area contributed by atoms with Crippen molar-refractivity contribution in [3.8, 4) is 19.8 Å². The van der Waals surface area contributed by atoms with Crippen LogP contribution in [0.1, 0.15) is 90.2 Å². The maximum atomic E-state index is 5.08. The van der Waals surface area contributed by atoms with E-state index in [1.165, 1.54) is 85.1 Å². The van der Waals surface area contributed by atoms with Crippen LogP contribution in [-0.2, 0) is 12.8 Å². The smallest absolute Gasteiger partial charge is 0.155 e. The number of nitrogens with zero attached hydrogens (tertiary/aromatic N) is 2. The van der Waals surface area contributed by atoms with Crippen molar-refractivity contribution in [1.29, 1.82) is 0 Å². The quantitative estimate of drug-likeness (QED) is 0.162. The van der Waals surface area contributed by atoms with Crippen LogP contribution < -0.4 is 0 Å². The zero-order chi connectivity index (χ0) is 23.9. The van der Waals surface area contributed by atoms with Crippen molar-refractivity contribution in [2.45, 2.75) is 91.9 Å². The first-order valence-corrected chi connectivity index (χ1v) is 16.5. The minimum atomic E-state index is 0.778. The van der Waals surface area contributed by atoms with Crippen LogP contribution in [-0.4, -0.2) is 9.97 Å². The molecule has 2 nitrogen and oxygen atoms in total. The Labute approximate surface area is 221 Å². The zero-order valence-electron chi connectivity index (χ0n) is 21.1. The number of thiazole rings is 2. The number of thiophene rings is 2. The molecule has 184 valence electrons. The highest BCUT2D eigenvalue weighted by Crippen LogP contribution is 2.42. The van der Waals surface area contributed by atoms with Gasteiger partial charge in [-0.1, -0.05) is 102 Å². The largest absolute Gasteiger partial charge is 0.222 e. The van der Waals surface area contributed by atoms with Crippen molar-refractivity contribution in [3.05, 3.63) is 34.0 Å². The molecule has 0 saturated carbocycles. The summed E-state index contributed by atoms with van der Waals surface area (Å²) in [6.45, 7) is 9.26. The van der Waals surface area contributed by atoms with Crippen LogP contribution >= 0.6 is 45.3 Å². The third-order valence-corrected chi connectivity index (χ3v) is 11.2. The van der Waals surface area contributed by atoms with Gasteiger partial charge in [-0.05, 0) is 58.7 Å². The molecule has 34 heavy (non-hydrogen) atoms. The third-order valence-electron chi connectivity index (χ3n) is 6.96. The molecule has 0 aliphatic rings. The van der Waals surface area contributed by atoms with E-state index in [9.17, 15) is 0 Å². The van der Waals surface area contributed by atoms with E-state index in [1.54, 1.807) is 22.7 Å². The van der Waals surface area contributed by atoms with Gasteiger partial charge in [-0.2, -0.15) is 0 Å². The Balaban J connectivity index is 1.52. The predicted octanol–water partition coefficient (Wildman–Crippen LogP) is 10.7. The molecule has 6 heteroatoms. The summed E-state index contributed by atoms with van der Waals surface area (Å²) in [7, 11) is 0. The second kappa shape index (κ2) is 12.8. The van der Waals surface area contributed by atoms with Crippen molar-refractivity contribution in [2.75, 3.05) is 0 Å². The van der Waals surface area contributed by atoms with Crippen LogP contribution in [0.3, 0.4) is 0 Å².